The molecule has 10 aromatic carbocycles. The summed E-state index contributed by atoms with van der Waals surface area (Å²) in [7, 11) is 0. The monoisotopic (exact) mass is 868 g/mol. The Morgan fingerprint density at radius 3 is 1.60 bits per heavy atom. The lowest BCUT2D eigenvalue weighted by molar-refractivity contribution is 0.591. The fraction of sp³-hybridized carbons (Fsp3) is 0.0769. The second kappa shape index (κ2) is 15.5. The second-order valence-electron chi connectivity index (χ2n) is 19.6. The van der Waals surface area contributed by atoms with Crippen LogP contribution >= 0.6 is 0 Å². The average Bonchev–Trinajstić information content (AvgIpc) is 3.73. The van der Waals surface area contributed by atoms with Crippen molar-refractivity contribution in [3.63, 3.8) is 0 Å². The first-order valence-corrected chi connectivity index (χ1v) is 24.0. The standard InChI is InChI=1S/C65H49BN2/c1-64(2,3)48-39-40-59-53(41-48)52-31-16-20-37-58(52)67(59)49-42-55-62-61(43-49)68(63-50(44-23-8-4-9-24-44)32-22-33-51(63)45-25-10-5-11-26-45)60-38-21-19-36-57(60)66(62)56-35-18-17-34-54(56)65(55,46-27-12-6-13-28-46)47-29-14-7-15-30-47/h4-43H,1-3H3. The van der Waals surface area contributed by atoms with Crippen molar-refractivity contribution in [3.05, 3.63) is 270 Å². The summed E-state index contributed by atoms with van der Waals surface area (Å²) in [6.45, 7) is 6.90. The number of fused-ring (bicyclic) bond motifs is 7. The van der Waals surface area contributed by atoms with Crippen LogP contribution in [0.25, 0.3) is 49.7 Å². The predicted molar refractivity (Wildman–Crippen MR) is 288 cm³/mol. The summed E-state index contributed by atoms with van der Waals surface area (Å²) in [5, 5.41) is 2.52. The van der Waals surface area contributed by atoms with Gasteiger partial charge in [-0.2, -0.15) is 0 Å². The molecule has 11 aromatic rings. The maximum Gasteiger partial charge on any atom is 0.247 e. The Morgan fingerprint density at radius 1 is 0.412 bits per heavy atom. The van der Waals surface area contributed by atoms with E-state index < -0.39 is 5.41 Å². The van der Waals surface area contributed by atoms with E-state index in [0.29, 0.717) is 0 Å². The van der Waals surface area contributed by atoms with Crippen LogP contribution in [0.4, 0.5) is 17.1 Å². The zero-order valence-corrected chi connectivity index (χ0v) is 38.6. The van der Waals surface area contributed by atoms with Crippen LogP contribution in [0, 0.1) is 0 Å². The van der Waals surface area contributed by atoms with Gasteiger partial charge in [0, 0.05) is 39.0 Å². The van der Waals surface area contributed by atoms with Gasteiger partial charge >= 0.3 is 0 Å². The minimum Gasteiger partial charge on any atom is -0.310 e. The molecule has 0 radical (unpaired) electrons. The SMILES string of the molecule is CC(C)(C)c1ccc2c(c1)c1ccccc1n2-c1cc2c3c(c1)C(c1ccccc1)(c1ccccc1)c1ccccc1B3c1ccccc1N2c1c(-c2ccccc2)cccc1-c1ccccc1. The van der Waals surface area contributed by atoms with Crippen molar-refractivity contribution in [1.29, 1.82) is 0 Å². The highest BCUT2D eigenvalue weighted by Crippen LogP contribution is 2.53. The fourth-order valence-corrected chi connectivity index (χ4v) is 11.9. The first-order chi connectivity index (χ1) is 33.4. The van der Waals surface area contributed by atoms with Crippen molar-refractivity contribution >= 4 is 62.0 Å². The van der Waals surface area contributed by atoms with E-state index in [-0.39, 0.29) is 12.1 Å². The van der Waals surface area contributed by atoms with E-state index in [0.717, 1.165) is 11.4 Å². The van der Waals surface area contributed by atoms with E-state index in [4.69, 9.17) is 0 Å². The highest BCUT2D eigenvalue weighted by Gasteiger charge is 2.52. The third-order valence-corrected chi connectivity index (χ3v) is 14.9. The summed E-state index contributed by atoms with van der Waals surface area (Å²) in [5.41, 5.74) is 21.5. The van der Waals surface area contributed by atoms with Crippen molar-refractivity contribution < 1.29 is 0 Å². The predicted octanol–water partition coefficient (Wildman–Crippen LogP) is 14.4. The maximum atomic E-state index is 2.64. The lowest BCUT2D eigenvalue weighted by Crippen LogP contribution is -2.65. The lowest BCUT2D eigenvalue weighted by Gasteiger charge is -2.49. The molecule has 68 heavy (non-hydrogen) atoms. The fourth-order valence-electron chi connectivity index (χ4n) is 11.9. The third kappa shape index (κ3) is 5.91. The molecule has 0 amide bonds. The number of rotatable bonds is 6. The smallest absolute Gasteiger partial charge is 0.247 e. The molecule has 2 nitrogen and oxygen atoms in total. The van der Waals surface area contributed by atoms with Gasteiger partial charge in [0.25, 0.3) is 0 Å². The molecule has 3 heteroatoms. The van der Waals surface area contributed by atoms with Crippen LogP contribution in [0.2, 0.25) is 0 Å². The van der Waals surface area contributed by atoms with Gasteiger partial charge in [0.2, 0.25) is 6.71 Å². The molecule has 1 aromatic heterocycles. The van der Waals surface area contributed by atoms with Gasteiger partial charge < -0.3 is 9.47 Å². The van der Waals surface area contributed by atoms with Gasteiger partial charge in [-0.1, -0.05) is 232 Å². The summed E-state index contributed by atoms with van der Waals surface area (Å²) in [4.78, 5) is 2.64. The van der Waals surface area contributed by atoms with Gasteiger partial charge in [0.05, 0.1) is 22.1 Å². The summed E-state index contributed by atoms with van der Waals surface area (Å²) >= 11 is 0. The Kier molecular flexibility index (Phi) is 9.14. The van der Waals surface area contributed by atoms with E-state index in [9.17, 15) is 0 Å². The molecule has 2 aliphatic heterocycles. The van der Waals surface area contributed by atoms with E-state index in [2.05, 4.69) is 273 Å². The number of para-hydroxylation sites is 3. The Bertz CT molecular complexity index is 3620. The van der Waals surface area contributed by atoms with Crippen molar-refractivity contribution in [2.75, 3.05) is 4.90 Å². The molecule has 2 aliphatic rings. The molecule has 0 atom stereocenters. The van der Waals surface area contributed by atoms with E-state index in [1.165, 1.54) is 99.6 Å². The summed E-state index contributed by atoms with van der Waals surface area (Å²) in [6, 6.07) is 91.1. The molecule has 0 fully saturated rings. The molecule has 0 spiro atoms. The summed E-state index contributed by atoms with van der Waals surface area (Å²) in [5.74, 6) is 0. The quantitative estimate of drug-likeness (QED) is 0.151. The Hall–Kier alpha value is -8.14. The van der Waals surface area contributed by atoms with Crippen LogP contribution in [0.1, 0.15) is 48.6 Å². The largest absolute Gasteiger partial charge is 0.310 e. The Balaban J connectivity index is 1.25. The molecule has 3 heterocycles. The van der Waals surface area contributed by atoms with Crippen LogP contribution < -0.4 is 21.3 Å². The van der Waals surface area contributed by atoms with E-state index in [1.54, 1.807) is 0 Å². The molecule has 13 rings (SSSR count). The highest BCUT2D eigenvalue weighted by atomic mass is 15.2. The van der Waals surface area contributed by atoms with Crippen LogP contribution in [0.5, 0.6) is 0 Å². The normalized spacial score (nSPS) is 13.6. The molecule has 0 saturated carbocycles. The van der Waals surface area contributed by atoms with Gasteiger partial charge in [0.1, 0.15) is 0 Å². The maximum absolute atomic E-state index is 2.64. The molecule has 0 N–H and O–H groups in total. The summed E-state index contributed by atoms with van der Waals surface area (Å²) < 4.78 is 2.55. The van der Waals surface area contributed by atoms with Gasteiger partial charge in [-0.25, -0.2) is 0 Å². The zero-order valence-electron chi connectivity index (χ0n) is 38.6. The lowest BCUT2D eigenvalue weighted by atomic mass is 9.29. The van der Waals surface area contributed by atoms with Crippen molar-refractivity contribution in [2.45, 2.75) is 31.6 Å². The van der Waals surface area contributed by atoms with Crippen LogP contribution in [-0.4, -0.2) is 11.3 Å². The number of hydrogen-bond acceptors (Lipinski definition) is 1. The van der Waals surface area contributed by atoms with Gasteiger partial charge in [-0.15, -0.1) is 0 Å². The first-order valence-electron chi connectivity index (χ1n) is 24.0. The number of hydrogen-bond donors (Lipinski definition) is 0. The molecule has 0 bridgehead atoms. The molecule has 0 unspecified atom stereocenters. The Labute approximate surface area is 399 Å². The van der Waals surface area contributed by atoms with Crippen LogP contribution in [0.3, 0.4) is 0 Å². The van der Waals surface area contributed by atoms with Crippen molar-refractivity contribution in [3.8, 4) is 27.9 Å². The minimum atomic E-state index is -0.674. The number of benzene rings is 10. The second-order valence-corrected chi connectivity index (χ2v) is 19.6. The van der Waals surface area contributed by atoms with Crippen LogP contribution in [0.15, 0.2) is 243 Å². The first kappa shape index (κ1) is 40.2. The number of aromatic nitrogens is 1. The molecule has 0 saturated heterocycles. The van der Waals surface area contributed by atoms with Gasteiger partial charge in [-0.05, 0) is 91.7 Å². The number of nitrogens with zero attached hydrogens (tertiary/aromatic N) is 2. The topological polar surface area (TPSA) is 8.17 Å². The minimum absolute atomic E-state index is 0.00272. The van der Waals surface area contributed by atoms with Gasteiger partial charge in [-0.3, -0.25) is 0 Å². The third-order valence-electron chi connectivity index (χ3n) is 14.9. The zero-order chi connectivity index (χ0) is 45.6. The summed E-state index contributed by atoms with van der Waals surface area (Å²) in [6.07, 6.45) is 0. The molecular weight excluding hydrogens is 820 g/mol. The number of anilines is 3. The molecule has 322 valence electrons. The van der Waals surface area contributed by atoms with Gasteiger partial charge in [0.15, 0.2) is 0 Å². The van der Waals surface area contributed by atoms with E-state index >= 15 is 0 Å². The van der Waals surface area contributed by atoms with E-state index in [1.807, 2.05) is 0 Å². The molecular formula is C65H49BN2. The average molecular weight is 869 g/mol. The van der Waals surface area contributed by atoms with Crippen molar-refractivity contribution in [2.24, 2.45) is 0 Å². The van der Waals surface area contributed by atoms with Crippen molar-refractivity contribution in [1.82, 2.24) is 4.57 Å². The Morgan fingerprint density at radius 2 is 0.956 bits per heavy atom. The molecule has 0 aliphatic carbocycles. The highest BCUT2D eigenvalue weighted by molar-refractivity contribution is 6.99. The van der Waals surface area contributed by atoms with Crippen LogP contribution in [-0.2, 0) is 10.8 Å².